The molecule has 0 heterocycles. The molecular weight excluding hydrogens is 358 g/mol. The highest BCUT2D eigenvalue weighted by molar-refractivity contribution is 6.01. The molecule has 0 fully saturated rings. The zero-order chi connectivity index (χ0) is 20.5. The van der Waals surface area contributed by atoms with Gasteiger partial charge in [0.05, 0.1) is 25.5 Å². The predicted octanol–water partition coefficient (Wildman–Crippen LogP) is 3.62. The van der Waals surface area contributed by atoms with Crippen LogP contribution in [0.1, 0.15) is 43.6 Å². The average molecular weight is 385 g/mol. The first-order chi connectivity index (χ1) is 13.5. The van der Waals surface area contributed by atoms with Gasteiger partial charge in [0, 0.05) is 11.3 Å². The SMILES string of the molecule is CCOc1cc(C(=O)NN=C(C)c2ccc(N)cc2)cc(OCC)c1OCC. The van der Waals surface area contributed by atoms with E-state index in [1.165, 1.54) is 0 Å². The first kappa shape index (κ1) is 21.1. The fourth-order valence-electron chi connectivity index (χ4n) is 2.51. The van der Waals surface area contributed by atoms with Gasteiger partial charge in [0.25, 0.3) is 5.91 Å². The normalized spacial score (nSPS) is 11.1. The standard InChI is InChI=1S/C21H27N3O4/c1-5-26-18-12-16(13-19(27-6-2)20(18)28-7-3)21(25)24-23-14(4)15-8-10-17(22)11-9-15/h8-13H,5-7,22H2,1-4H3,(H,24,25). The van der Waals surface area contributed by atoms with Crippen molar-refractivity contribution in [3.8, 4) is 17.2 Å². The van der Waals surface area contributed by atoms with E-state index < -0.39 is 0 Å². The molecule has 7 nitrogen and oxygen atoms in total. The zero-order valence-corrected chi connectivity index (χ0v) is 16.7. The number of hydrogen-bond acceptors (Lipinski definition) is 6. The summed E-state index contributed by atoms with van der Waals surface area (Å²) in [5.74, 6) is 1.03. The van der Waals surface area contributed by atoms with Crippen molar-refractivity contribution in [2.75, 3.05) is 25.6 Å². The highest BCUT2D eigenvalue weighted by Crippen LogP contribution is 2.39. The molecule has 0 unspecified atom stereocenters. The van der Waals surface area contributed by atoms with E-state index in [9.17, 15) is 4.79 Å². The zero-order valence-electron chi connectivity index (χ0n) is 16.7. The van der Waals surface area contributed by atoms with Gasteiger partial charge in [-0.1, -0.05) is 12.1 Å². The molecule has 0 saturated heterocycles. The van der Waals surface area contributed by atoms with Gasteiger partial charge in [-0.05, 0) is 57.5 Å². The van der Waals surface area contributed by atoms with Crippen LogP contribution in [-0.4, -0.2) is 31.4 Å². The lowest BCUT2D eigenvalue weighted by Gasteiger charge is -2.16. The Morgan fingerprint density at radius 1 is 0.929 bits per heavy atom. The van der Waals surface area contributed by atoms with E-state index in [1.807, 2.05) is 32.9 Å². The van der Waals surface area contributed by atoms with E-state index in [0.29, 0.717) is 54.0 Å². The number of nitrogens with two attached hydrogens (primary N) is 1. The third-order valence-corrected chi connectivity index (χ3v) is 3.82. The molecule has 0 aliphatic rings. The molecule has 7 heteroatoms. The quantitative estimate of drug-likeness (QED) is 0.390. The number of hydrogen-bond donors (Lipinski definition) is 2. The average Bonchev–Trinajstić information content (AvgIpc) is 2.69. The molecule has 2 aromatic rings. The molecule has 2 rings (SSSR count). The van der Waals surface area contributed by atoms with Gasteiger partial charge in [-0.3, -0.25) is 4.79 Å². The molecule has 0 radical (unpaired) electrons. The maximum absolute atomic E-state index is 12.6. The molecule has 0 atom stereocenters. The second-order valence-electron chi connectivity index (χ2n) is 5.86. The topological polar surface area (TPSA) is 95.2 Å². The van der Waals surface area contributed by atoms with E-state index in [2.05, 4.69) is 10.5 Å². The van der Waals surface area contributed by atoms with Crippen LogP contribution in [0.25, 0.3) is 0 Å². The summed E-state index contributed by atoms with van der Waals surface area (Å²) in [5.41, 5.74) is 10.8. The van der Waals surface area contributed by atoms with Gasteiger partial charge >= 0.3 is 0 Å². The van der Waals surface area contributed by atoms with Crippen molar-refractivity contribution in [3.05, 3.63) is 47.5 Å². The summed E-state index contributed by atoms with van der Waals surface area (Å²) in [6.45, 7) is 8.74. The van der Waals surface area contributed by atoms with Gasteiger partial charge < -0.3 is 19.9 Å². The van der Waals surface area contributed by atoms with Crippen LogP contribution in [0.15, 0.2) is 41.5 Å². The van der Waals surface area contributed by atoms with Crippen molar-refractivity contribution in [1.29, 1.82) is 0 Å². The lowest BCUT2D eigenvalue weighted by atomic mass is 10.1. The molecule has 0 bridgehead atoms. The lowest BCUT2D eigenvalue weighted by molar-refractivity contribution is 0.0953. The van der Waals surface area contributed by atoms with Gasteiger partial charge in [0.15, 0.2) is 11.5 Å². The smallest absolute Gasteiger partial charge is 0.271 e. The Bertz CT molecular complexity index is 805. The highest BCUT2D eigenvalue weighted by atomic mass is 16.5. The van der Waals surface area contributed by atoms with Crippen LogP contribution in [-0.2, 0) is 0 Å². The Morgan fingerprint density at radius 2 is 1.46 bits per heavy atom. The van der Waals surface area contributed by atoms with Crippen molar-refractivity contribution >= 4 is 17.3 Å². The Labute approximate surface area is 165 Å². The van der Waals surface area contributed by atoms with Crippen LogP contribution in [0.3, 0.4) is 0 Å². The molecular formula is C21H27N3O4. The largest absolute Gasteiger partial charge is 0.490 e. The van der Waals surface area contributed by atoms with Crippen molar-refractivity contribution in [2.45, 2.75) is 27.7 Å². The molecule has 1 amide bonds. The minimum atomic E-state index is -0.375. The molecule has 0 aromatic heterocycles. The number of ether oxygens (including phenoxy) is 3. The van der Waals surface area contributed by atoms with Crippen LogP contribution in [0.4, 0.5) is 5.69 Å². The number of amides is 1. The monoisotopic (exact) mass is 385 g/mol. The second kappa shape index (κ2) is 10.2. The number of nitrogens with one attached hydrogen (secondary N) is 1. The number of nitrogen functional groups attached to an aromatic ring is 1. The van der Waals surface area contributed by atoms with Crippen LogP contribution in [0.2, 0.25) is 0 Å². The fourth-order valence-corrected chi connectivity index (χ4v) is 2.51. The third-order valence-electron chi connectivity index (χ3n) is 3.82. The number of carbonyl (C=O) groups excluding carboxylic acids is 1. The Hall–Kier alpha value is -3.22. The van der Waals surface area contributed by atoms with Crippen LogP contribution in [0.5, 0.6) is 17.2 Å². The van der Waals surface area contributed by atoms with E-state index >= 15 is 0 Å². The summed E-state index contributed by atoms with van der Waals surface area (Å²) in [6.07, 6.45) is 0. The summed E-state index contributed by atoms with van der Waals surface area (Å²) < 4.78 is 16.9. The van der Waals surface area contributed by atoms with Crippen molar-refractivity contribution in [3.63, 3.8) is 0 Å². The summed E-state index contributed by atoms with van der Waals surface area (Å²) in [6, 6.07) is 10.5. The molecule has 3 N–H and O–H groups in total. The molecule has 0 saturated carbocycles. The number of nitrogens with zero attached hydrogens (tertiary/aromatic N) is 1. The third kappa shape index (κ3) is 5.39. The summed E-state index contributed by atoms with van der Waals surface area (Å²) in [5, 5.41) is 4.17. The predicted molar refractivity (Wildman–Crippen MR) is 110 cm³/mol. The summed E-state index contributed by atoms with van der Waals surface area (Å²) in [7, 11) is 0. The van der Waals surface area contributed by atoms with Crippen LogP contribution in [0, 0.1) is 0 Å². The molecule has 28 heavy (non-hydrogen) atoms. The number of carbonyl (C=O) groups is 1. The Kier molecular flexibility index (Phi) is 7.68. The molecule has 2 aromatic carbocycles. The van der Waals surface area contributed by atoms with Gasteiger partial charge in [-0.25, -0.2) is 5.43 Å². The van der Waals surface area contributed by atoms with Gasteiger partial charge in [-0.15, -0.1) is 0 Å². The maximum atomic E-state index is 12.6. The van der Waals surface area contributed by atoms with E-state index in [0.717, 1.165) is 5.56 Å². The van der Waals surface area contributed by atoms with Crippen molar-refractivity contribution in [2.24, 2.45) is 5.10 Å². The van der Waals surface area contributed by atoms with Gasteiger partial charge in [0.1, 0.15) is 0 Å². The minimum Gasteiger partial charge on any atom is -0.490 e. The Morgan fingerprint density at radius 3 is 1.96 bits per heavy atom. The van der Waals surface area contributed by atoms with Crippen molar-refractivity contribution < 1.29 is 19.0 Å². The number of rotatable bonds is 9. The van der Waals surface area contributed by atoms with Crippen LogP contribution < -0.4 is 25.4 Å². The Balaban J connectivity index is 2.28. The van der Waals surface area contributed by atoms with Gasteiger partial charge in [0.2, 0.25) is 5.75 Å². The molecule has 150 valence electrons. The van der Waals surface area contributed by atoms with Crippen molar-refractivity contribution in [1.82, 2.24) is 5.43 Å². The second-order valence-corrected chi connectivity index (χ2v) is 5.86. The molecule has 0 aliphatic carbocycles. The first-order valence-corrected chi connectivity index (χ1v) is 9.27. The molecule has 0 aliphatic heterocycles. The maximum Gasteiger partial charge on any atom is 0.271 e. The minimum absolute atomic E-state index is 0.365. The van der Waals surface area contributed by atoms with E-state index in [1.54, 1.807) is 31.2 Å². The lowest BCUT2D eigenvalue weighted by Crippen LogP contribution is -2.20. The van der Waals surface area contributed by atoms with Crippen LogP contribution >= 0.6 is 0 Å². The summed E-state index contributed by atoms with van der Waals surface area (Å²) >= 11 is 0. The van der Waals surface area contributed by atoms with E-state index in [-0.39, 0.29) is 5.91 Å². The molecule has 0 spiro atoms. The summed E-state index contributed by atoms with van der Waals surface area (Å²) in [4.78, 5) is 12.6. The fraction of sp³-hybridized carbons (Fsp3) is 0.333. The number of hydrazone groups is 1. The number of benzene rings is 2. The highest BCUT2D eigenvalue weighted by Gasteiger charge is 2.18. The first-order valence-electron chi connectivity index (χ1n) is 9.27. The number of anilines is 1. The van der Waals surface area contributed by atoms with E-state index in [4.69, 9.17) is 19.9 Å². The van der Waals surface area contributed by atoms with Gasteiger partial charge in [-0.2, -0.15) is 5.10 Å².